The highest BCUT2D eigenvalue weighted by Crippen LogP contribution is 2.41. The smallest absolute Gasteiger partial charge is 0.261 e. The number of hydrogen-bond donors (Lipinski definition) is 2. The molecule has 1 aliphatic carbocycles. The zero-order chi connectivity index (χ0) is 16.6. The van der Waals surface area contributed by atoms with Crippen LogP contribution >= 0.6 is 11.3 Å². The molecule has 1 atom stereocenters. The number of thiophene rings is 1. The van der Waals surface area contributed by atoms with Gasteiger partial charge in [0.25, 0.3) is 11.8 Å². The van der Waals surface area contributed by atoms with Gasteiger partial charge in [-0.1, -0.05) is 38.1 Å². The van der Waals surface area contributed by atoms with E-state index in [4.69, 9.17) is 5.73 Å². The molecule has 3 rings (SSSR count). The maximum absolute atomic E-state index is 12.5. The Kier molecular flexibility index (Phi) is 3.98. The Morgan fingerprint density at radius 3 is 2.57 bits per heavy atom. The van der Waals surface area contributed by atoms with Gasteiger partial charge in [-0.05, 0) is 41.5 Å². The van der Waals surface area contributed by atoms with Crippen LogP contribution in [0.5, 0.6) is 0 Å². The number of nitrogens with two attached hydrogens (primary N) is 1. The molecular weight excluding hydrogens is 308 g/mol. The summed E-state index contributed by atoms with van der Waals surface area (Å²) in [6, 6.07) is 11.5. The second-order valence-corrected chi connectivity index (χ2v) is 7.65. The number of amides is 2. The zero-order valence-electron chi connectivity index (χ0n) is 13.3. The Hall–Kier alpha value is -2.14. The predicted molar refractivity (Wildman–Crippen MR) is 91.7 cm³/mol. The van der Waals surface area contributed by atoms with Crippen LogP contribution in [0.2, 0.25) is 0 Å². The van der Waals surface area contributed by atoms with Crippen molar-refractivity contribution in [2.75, 3.05) is 0 Å². The van der Waals surface area contributed by atoms with Gasteiger partial charge in [0.15, 0.2) is 0 Å². The fraction of sp³-hybridized carbons (Fsp3) is 0.333. The van der Waals surface area contributed by atoms with E-state index in [2.05, 4.69) is 31.3 Å². The minimum atomic E-state index is -0.501. The molecule has 120 valence electrons. The van der Waals surface area contributed by atoms with Crippen molar-refractivity contribution < 1.29 is 9.59 Å². The van der Waals surface area contributed by atoms with E-state index in [0.29, 0.717) is 9.75 Å². The van der Waals surface area contributed by atoms with Crippen LogP contribution in [0.3, 0.4) is 0 Å². The lowest BCUT2D eigenvalue weighted by molar-refractivity contribution is 0.0933. The molecule has 0 bridgehead atoms. The molecule has 0 saturated heterocycles. The highest BCUT2D eigenvalue weighted by atomic mass is 32.1. The van der Waals surface area contributed by atoms with Crippen molar-refractivity contribution in [3.63, 3.8) is 0 Å². The average Bonchev–Trinajstić information content (AvgIpc) is 3.01. The number of fused-ring (bicyclic) bond motifs is 1. The fourth-order valence-corrected chi connectivity index (χ4v) is 3.95. The normalized spacial score (nSPS) is 19.0. The predicted octanol–water partition coefficient (Wildman–Crippen LogP) is 3.39. The first-order valence-corrected chi connectivity index (χ1v) is 8.50. The van der Waals surface area contributed by atoms with Crippen LogP contribution in [0.1, 0.15) is 63.2 Å². The van der Waals surface area contributed by atoms with Gasteiger partial charge in [0.05, 0.1) is 15.8 Å². The Labute approximate surface area is 139 Å². The number of primary amides is 1. The minimum absolute atomic E-state index is 0.00542. The number of hydrogen-bond acceptors (Lipinski definition) is 3. The Balaban J connectivity index is 1.83. The molecule has 0 saturated carbocycles. The van der Waals surface area contributed by atoms with Crippen LogP contribution in [0, 0.1) is 0 Å². The molecule has 0 aliphatic heterocycles. The van der Waals surface area contributed by atoms with Gasteiger partial charge in [0, 0.05) is 0 Å². The lowest BCUT2D eigenvalue weighted by atomic mass is 9.71. The van der Waals surface area contributed by atoms with E-state index < -0.39 is 5.91 Å². The third-order valence-corrected chi connectivity index (χ3v) is 5.60. The molecular formula is C18H20N2O2S. The third kappa shape index (κ3) is 3.01. The highest BCUT2D eigenvalue weighted by Gasteiger charge is 2.33. The number of carbonyl (C=O) groups is 2. The van der Waals surface area contributed by atoms with Gasteiger partial charge in [0.1, 0.15) is 0 Å². The SMILES string of the molecule is CC1(C)CCC(NC(=O)c2ccc(C(N)=O)s2)c2ccccc21. The summed E-state index contributed by atoms with van der Waals surface area (Å²) in [6.07, 6.45) is 1.93. The summed E-state index contributed by atoms with van der Waals surface area (Å²) < 4.78 is 0. The van der Waals surface area contributed by atoms with Gasteiger partial charge in [-0.15, -0.1) is 11.3 Å². The summed E-state index contributed by atoms with van der Waals surface area (Å²) in [5.41, 5.74) is 7.85. The molecule has 2 amide bonds. The summed E-state index contributed by atoms with van der Waals surface area (Å²) in [7, 11) is 0. The molecule has 5 heteroatoms. The quantitative estimate of drug-likeness (QED) is 0.906. The lowest BCUT2D eigenvalue weighted by Gasteiger charge is -2.37. The van der Waals surface area contributed by atoms with E-state index in [0.717, 1.165) is 24.2 Å². The van der Waals surface area contributed by atoms with Crippen molar-refractivity contribution in [1.82, 2.24) is 5.32 Å². The molecule has 1 aliphatic rings. The molecule has 4 nitrogen and oxygen atoms in total. The van der Waals surface area contributed by atoms with E-state index in [1.54, 1.807) is 12.1 Å². The molecule has 23 heavy (non-hydrogen) atoms. The summed E-state index contributed by atoms with van der Waals surface area (Å²) in [4.78, 5) is 24.5. The molecule has 0 spiro atoms. The lowest BCUT2D eigenvalue weighted by Crippen LogP contribution is -2.35. The summed E-state index contributed by atoms with van der Waals surface area (Å²) in [6.45, 7) is 4.48. The molecule has 0 fully saturated rings. The van der Waals surface area contributed by atoms with Gasteiger partial charge in [0.2, 0.25) is 0 Å². The van der Waals surface area contributed by atoms with Crippen LogP contribution in [-0.2, 0) is 5.41 Å². The number of carbonyl (C=O) groups excluding carboxylic acids is 2. The van der Waals surface area contributed by atoms with Crippen molar-refractivity contribution in [3.05, 3.63) is 57.3 Å². The van der Waals surface area contributed by atoms with Crippen molar-refractivity contribution in [3.8, 4) is 0 Å². The zero-order valence-corrected chi connectivity index (χ0v) is 14.1. The maximum Gasteiger partial charge on any atom is 0.261 e. The average molecular weight is 328 g/mol. The number of benzene rings is 1. The monoisotopic (exact) mass is 328 g/mol. The van der Waals surface area contributed by atoms with Crippen LogP contribution in [0.4, 0.5) is 0 Å². The van der Waals surface area contributed by atoms with E-state index >= 15 is 0 Å². The second-order valence-electron chi connectivity index (χ2n) is 6.56. The first kappa shape index (κ1) is 15.7. The Morgan fingerprint density at radius 1 is 1.17 bits per heavy atom. The van der Waals surface area contributed by atoms with Crippen molar-refractivity contribution in [2.45, 2.75) is 38.1 Å². The second kappa shape index (κ2) is 5.81. The van der Waals surface area contributed by atoms with Crippen LogP contribution in [0.25, 0.3) is 0 Å². The molecule has 3 N–H and O–H groups in total. The molecule has 1 heterocycles. The fourth-order valence-electron chi connectivity index (χ4n) is 3.18. The van der Waals surface area contributed by atoms with Crippen LogP contribution in [0.15, 0.2) is 36.4 Å². The summed E-state index contributed by atoms with van der Waals surface area (Å²) in [5, 5.41) is 3.10. The minimum Gasteiger partial charge on any atom is -0.365 e. The van der Waals surface area contributed by atoms with Gasteiger partial charge in [-0.3, -0.25) is 9.59 Å². The largest absolute Gasteiger partial charge is 0.365 e. The van der Waals surface area contributed by atoms with Crippen molar-refractivity contribution in [1.29, 1.82) is 0 Å². The van der Waals surface area contributed by atoms with Gasteiger partial charge >= 0.3 is 0 Å². The molecule has 0 radical (unpaired) electrons. The molecule has 1 unspecified atom stereocenters. The Morgan fingerprint density at radius 2 is 1.87 bits per heavy atom. The highest BCUT2D eigenvalue weighted by molar-refractivity contribution is 7.15. The van der Waals surface area contributed by atoms with Crippen LogP contribution in [-0.4, -0.2) is 11.8 Å². The van der Waals surface area contributed by atoms with Gasteiger partial charge < -0.3 is 11.1 Å². The summed E-state index contributed by atoms with van der Waals surface area (Å²) >= 11 is 1.13. The third-order valence-electron chi connectivity index (χ3n) is 4.50. The van der Waals surface area contributed by atoms with Gasteiger partial charge in [-0.2, -0.15) is 0 Å². The van der Waals surface area contributed by atoms with E-state index in [1.165, 1.54) is 11.1 Å². The van der Waals surface area contributed by atoms with Crippen molar-refractivity contribution >= 4 is 23.2 Å². The number of nitrogens with one attached hydrogen (secondary N) is 1. The van der Waals surface area contributed by atoms with E-state index in [9.17, 15) is 9.59 Å². The molecule has 2 aromatic rings. The van der Waals surface area contributed by atoms with Crippen LogP contribution < -0.4 is 11.1 Å². The standard InChI is InChI=1S/C18H20N2O2S/c1-18(2)10-9-13(11-5-3-4-6-12(11)18)20-17(22)15-8-7-14(23-15)16(19)21/h3-8,13H,9-10H2,1-2H3,(H2,19,21)(H,20,22). The van der Waals surface area contributed by atoms with Gasteiger partial charge in [-0.25, -0.2) is 0 Å². The first-order chi connectivity index (χ1) is 10.9. The molecule has 1 aromatic carbocycles. The summed E-state index contributed by atoms with van der Waals surface area (Å²) in [5.74, 6) is -0.652. The molecule has 1 aromatic heterocycles. The van der Waals surface area contributed by atoms with E-state index in [1.807, 2.05) is 12.1 Å². The maximum atomic E-state index is 12.5. The Bertz CT molecular complexity index is 764. The topological polar surface area (TPSA) is 72.2 Å². The van der Waals surface area contributed by atoms with E-state index in [-0.39, 0.29) is 17.4 Å². The first-order valence-electron chi connectivity index (χ1n) is 7.68. The van der Waals surface area contributed by atoms with Crippen molar-refractivity contribution in [2.24, 2.45) is 5.73 Å². The number of rotatable bonds is 3.